The first-order chi connectivity index (χ1) is 11.8. The van der Waals surface area contributed by atoms with Crippen LogP contribution in [0.15, 0.2) is 66.7 Å². The predicted molar refractivity (Wildman–Crippen MR) is 101 cm³/mol. The van der Waals surface area contributed by atoms with Crippen LogP contribution in [0.3, 0.4) is 0 Å². The van der Waals surface area contributed by atoms with Crippen LogP contribution in [0.25, 0.3) is 22.4 Å². The highest BCUT2D eigenvalue weighted by Crippen LogP contribution is 2.38. The summed E-state index contributed by atoms with van der Waals surface area (Å²) in [7, 11) is 0. The molecular formula is C22H19NO. The van der Waals surface area contributed by atoms with E-state index in [0.717, 1.165) is 35.4 Å². The van der Waals surface area contributed by atoms with Gasteiger partial charge in [-0.15, -0.1) is 0 Å². The highest BCUT2D eigenvalue weighted by Gasteiger charge is 2.31. The molecule has 0 aromatic heterocycles. The smallest absolute Gasteiger partial charge is 0.258 e. The maximum Gasteiger partial charge on any atom is 0.258 e. The standard InChI is InChI=1S/C22H19NO/c1-2-14-23-21-13-6-5-12-19(21)20(22(23)24)15-17-10-7-9-16-8-3-4-11-18(16)17/h3-13,15H,2,14H2,1H3/b20-15-. The summed E-state index contributed by atoms with van der Waals surface area (Å²) < 4.78 is 0. The van der Waals surface area contributed by atoms with Gasteiger partial charge in [-0.25, -0.2) is 0 Å². The van der Waals surface area contributed by atoms with Crippen LogP contribution in [0.1, 0.15) is 24.5 Å². The molecular weight excluding hydrogens is 294 g/mol. The molecule has 1 amide bonds. The minimum atomic E-state index is 0.103. The topological polar surface area (TPSA) is 20.3 Å². The van der Waals surface area contributed by atoms with Crippen LogP contribution in [0.4, 0.5) is 5.69 Å². The summed E-state index contributed by atoms with van der Waals surface area (Å²) in [5, 5.41) is 2.36. The number of amides is 1. The number of hydrogen-bond acceptors (Lipinski definition) is 1. The lowest BCUT2D eigenvalue weighted by atomic mass is 10.00. The van der Waals surface area contributed by atoms with Crippen molar-refractivity contribution in [1.29, 1.82) is 0 Å². The van der Waals surface area contributed by atoms with Crippen LogP contribution in [0.2, 0.25) is 0 Å². The molecule has 4 rings (SSSR count). The molecule has 3 aromatic carbocycles. The van der Waals surface area contributed by atoms with E-state index in [0.29, 0.717) is 0 Å². The van der Waals surface area contributed by atoms with Crippen molar-refractivity contribution in [3.63, 3.8) is 0 Å². The molecule has 2 nitrogen and oxygen atoms in total. The first kappa shape index (κ1) is 14.7. The zero-order valence-electron chi connectivity index (χ0n) is 13.7. The molecule has 0 aliphatic carbocycles. The Balaban J connectivity index is 1.89. The Kier molecular flexibility index (Phi) is 3.66. The van der Waals surface area contributed by atoms with Crippen molar-refractivity contribution in [3.05, 3.63) is 77.9 Å². The minimum absolute atomic E-state index is 0.103. The molecule has 1 aliphatic rings. The van der Waals surface area contributed by atoms with Gasteiger partial charge in [0.05, 0.1) is 5.69 Å². The highest BCUT2D eigenvalue weighted by atomic mass is 16.2. The number of nitrogens with zero attached hydrogens (tertiary/aromatic N) is 1. The van der Waals surface area contributed by atoms with E-state index in [1.807, 2.05) is 53.4 Å². The van der Waals surface area contributed by atoms with E-state index in [4.69, 9.17) is 0 Å². The fraction of sp³-hybridized carbons (Fsp3) is 0.136. The number of benzene rings is 3. The van der Waals surface area contributed by atoms with Gasteiger partial charge in [0.1, 0.15) is 0 Å². The first-order valence-corrected chi connectivity index (χ1v) is 8.40. The van der Waals surface area contributed by atoms with Crippen molar-refractivity contribution in [2.75, 3.05) is 11.4 Å². The maximum atomic E-state index is 13.0. The van der Waals surface area contributed by atoms with Crippen LogP contribution < -0.4 is 4.90 Å². The molecule has 0 N–H and O–H groups in total. The van der Waals surface area contributed by atoms with Gasteiger partial charge in [0.15, 0.2) is 0 Å². The second kappa shape index (κ2) is 5.97. The van der Waals surface area contributed by atoms with Crippen LogP contribution in [0.5, 0.6) is 0 Å². The lowest BCUT2D eigenvalue weighted by Crippen LogP contribution is -2.26. The number of rotatable bonds is 3. The minimum Gasteiger partial charge on any atom is -0.308 e. The van der Waals surface area contributed by atoms with Gasteiger partial charge in [0, 0.05) is 17.7 Å². The Morgan fingerprint density at radius 1 is 0.917 bits per heavy atom. The molecule has 0 radical (unpaired) electrons. The van der Waals surface area contributed by atoms with Gasteiger partial charge in [-0.2, -0.15) is 0 Å². The second-order valence-electron chi connectivity index (χ2n) is 6.10. The summed E-state index contributed by atoms with van der Waals surface area (Å²) in [6, 6.07) is 22.6. The summed E-state index contributed by atoms with van der Waals surface area (Å²) in [6.07, 6.45) is 2.99. The van der Waals surface area contributed by atoms with Crippen molar-refractivity contribution in [3.8, 4) is 0 Å². The Labute approximate surface area is 142 Å². The summed E-state index contributed by atoms with van der Waals surface area (Å²) >= 11 is 0. The molecule has 0 unspecified atom stereocenters. The lowest BCUT2D eigenvalue weighted by molar-refractivity contribution is -0.113. The Morgan fingerprint density at radius 3 is 2.54 bits per heavy atom. The number of para-hydroxylation sites is 1. The average Bonchev–Trinajstić information content (AvgIpc) is 2.88. The molecule has 0 bridgehead atoms. The molecule has 1 heterocycles. The zero-order chi connectivity index (χ0) is 16.5. The van der Waals surface area contributed by atoms with E-state index in [9.17, 15) is 4.79 Å². The number of anilines is 1. The van der Waals surface area contributed by atoms with Crippen molar-refractivity contribution in [1.82, 2.24) is 0 Å². The quantitative estimate of drug-likeness (QED) is 0.613. The molecule has 0 atom stereocenters. The van der Waals surface area contributed by atoms with Gasteiger partial charge in [0.25, 0.3) is 5.91 Å². The van der Waals surface area contributed by atoms with Crippen molar-refractivity contribution in [2.24, 2.45) is 0 Å². The van der Waals surface area contributed by atoms with Crippen molar-refractivity contribution in [2.45, 2.75) is 13.3 Å². The first-order valence-electron chi connectivity index (χ1n) is 8.40. The Bertz CT molecular complexity index is 950. The Hall–Kier alpha value is -2.87. The maximum absolute atomic E-state index is 13.0. The van der Waals surface area contributed by atoms with Crippen molar-refractivity contribution >= 4 is 34.0 Å². The molecule has 3 aromatic rings. The predicted octanol–water partition coefficient (Wildman–Crippen LogP) is 5.14. The monoisotopic (exact) mass is 313 g/mol. The normalized spacial score (nSPS) is 15.3. The molecule has 0 fully saturated rings. The molecule has 0 saturated carbocycles. The van der Waals surface area contributed by atoms with Crippen LogP contribution in [0, 0.1) is 0 Å². The third kappa shape index (κ3) is 2.31. The van der Waals surface area contributed by atoms with Crippen LogP contribution >= 0.6 is 0 Å². The fourth-order valence-corrected chi connectivity index (χ4v) is 3.42. The highest BCUT2D eigenvalue weighted by molar-refractivity contribution is 6.36. The number of fused-ring (bicyclic) bond motifs is 2. The second-order valence-corrected chi connectivity index (χ2v) is 6.10. The van der Waals surface area contributed by atoms with Gasteiger partial charge < -0.3 is 4.90 Å². The van der Waals surface area contributed by atoms with Crippen LogP contribution in [-0.4, -0.2) is 12.5 Å². The third-order valence-corrected chi connectivity index (χ3v) is 4.53. The molecule has 24 heavy (non-hydrogen) atoms. The summed E-state index contributed by atoms with van der Waals surface area (Å²) in [5.74, 6) is 0.103. The van der Waals surface area contributed by atoms with E-state index in [1.165, 1.54) is 10.8 Å². The molecule has 0 spiro atoms. The van der Waals surface area contributed by atoms with Gasteiger partial charge in [0.2, 0.25) is 0 Å². The number of carbonyl (C=O) groups excluding carboxylic acids is 1. The van der Waals surface area contributed by atoms with E-state index in [1.54, 1.807) is 0 Å². The van der Waals surface area contributed by atoms with E-state index < -0.39 is 0 Å². The number of hydrogen-bond donors (Lipinski definition) is 0. The fourth-order valence-electron chi connectivity index (χ4n) is 3.42. The largest absolute Gasteiger partial charge is 0.308 e. The summed E-state index contributed by atoms with van der Waals surface area (Å²) in [6.45, 7) is 2.85. The summed E-state index contributed by atoms with van der Waals surface area (Å²) in [4.78, 5) is 14.8. The number of carbonyl (C=O) groups is 1. The molecule has 0 saturated heterocycles. The molecule has 2 heteroatoms. The Morgan fingerprint density at radius 2 is 1.67 bits per heavy atom. The van der Waals surface area contributed by atoms with E-state index >= 15 is 0 Å². The SMILES string of the molecule is CCCN1C(=O)/C(=C\c2cccc3ccccc23)c2ccccc21. The van der Waals surface area contributed by atoms with Gasteiger partial charge in [-0.3, -0.25) is 4.79 Å². The van der Waals surface area contributed by atoms with E-state index in [2.05, 4.69) is 31.2 Å². The lowest BCUT2D eigenvalue weighted by Gasteiger charge is -2.15. The molecule has 118 valence electrons. The van der Waals surface area contributed by atoms with E-state index in [-0.39, 0.29) is 5.91 Å². The van der Waals surface area contributed by atoms with Crippen LogP contribution in [-0.2, 0) is 4.79 Å². The third-order valence-electron chi connectivity index (χ3n) is 4.53. The van der Waals surface area contributed by atoms with Crippen molar-refractivity contribution < 1.29 is 4.79 Å². The molecule has 1 aliphatic heterocycles. The average molecular weight is 313 g/mol. The zero-order valence-corrected chi connectivity index (χ0v) is 13.7. The van der Waals surface area contributed by atoms with Gasteiger partial charge in [-0.05, 0) is 34.9 Å². The van der Waals surface area contributed by atoms with Gasteiger partial charge in [-0.1, -0.05) is 67.6 Å². The van der Waals surface area contributed by atoms with Gasteiger partial charge >= 0.3 is 0 Å². The summed E-state index contributed by atoms with van der Waals surface area (Å²) in [5.41, 5.74) is 3.93.